The van der Waals surface area contributed by atoms with Gasteiger partial charge in [-0.25, -0.2) is 0 Å². The van der Waals surface area contributed by atoms with E-state index in [0.29, 0.717) is 41.2 Å². The number of aliphatic hydroxyl groups excluding tert-OH is 1. The molecule has 10 nitrogen and oxygen atoms in total. The van der Waals surface area contributed by atoms with Crippen molar-refractivity contribution in [3.8, 4) is 5.75 Å². The van der Waals surface area contributed by atoms with Crippen LogP contribution in [0.25, 0.3) is 0 Å². The lowest BCUT2D eigenvalue weighted by Crippen LogP contribution is -2.48. The summed E-state index contributed by atoms with van der Waals surface area (Å²) in [5, 5.41) is 24.7. The second-order valence-electron chi connectivity index (χ2n) is 14.7. The number of carbonyl (C=O) groups excluding carboxylic acids is 3. The Hall–Kier alpha value is -5.03. The van der Waals surface area contributed by atoms with E-state index in [4.69, 9.17) is 9.47 Å². The van der Waals surface area contributed by atoms with Crippen molar-refractivity contribution in [2.45, 2.75) is 70.1 Å². The number of rotatable bonds is 9. The highest BCUT2D eigenvalue weighted by atomic mass is 16.5. The summed E-state index contributed by atoms with van der Waals surface area (Å²) in [7, 11) is 1.57. The summed E-state index contributed by atoms with van der Waals surface area (Å²) in [6.07, 6.45) is -0.251. The molecule has 1 fully saturated rings. The van der Waals surface area contributed by atoms with Gasteiger partial charge >= 0.3 is 0 Å². The normalized spacial score (nSPS) is 23.8. The molecule has 0 aliphatic carbocycles. The molecule has 270 valence electrons. The quantitative estimate of drug-likeness (QED) is 0.212. The van der Waals surface area contributed by atoms with Crippen LogP contribution in [-0.2, 0) is 39.4 Å². The Bertz CT molecular complexity index is 1970. The third-order valence-electron chi connectivity index (χ3n) is 11.1. The van der Waals surface area contributed by atoms with Crippen molar-refractivity contribution >= 4 is 29.1 Å². The molecule has 52 heavy (non-hydrogen) atoms. The Morgan fingerprint density at radius 1 is 0.962 bits per heavy atom. The highest BCUT2D eigenvalue weighted by molar-refractivity contribution is 6.07. The van der Waals surface area contributed by atoms with Crippen molar-refractivity contribution in [3.05, 3.63) is 125 Å². The lowest BCUT2D eigenvalue weighted by Gasteiger charge is -2.38. The highest BCUT2D eigenvalue weighted by Crippen LogP contribution is 2.58. The van der Waals surface area contributed by atoms with E-state index in [1.807, 2.05) is 67.6 Å². The zero-order valence-corrected chi connectivity index (χ0v) is 29.9. The van der Waals surface area contributed by atoms with Crippen LogP contribution in [0.2, 0.25) is 0 Å². The maximum atomic E-state index is 14.8. The maximum absolute atomic E-state index is 14.8. The molecule has 3 amide bonds. The highest BCUT2D eigenvalue weighted by Gasteiger charge is 2.66. The van der Waals surface area contributed by atoms with Crippen LogP contribution in [0.15, 0.2) is 97.1 Å². The van der Waals surface area contributed by atoms with E-state index < -0.39 is 29.1 Å². The number of anilines is 2. The van der Waals surface area contributed by atoms with Crippen LogP contribution in [0.1, 0.15) is 59.8 Å². The fourth-order valence-electron chi connectivity index (χ4n) is 8.54. The molecule has 0 bridgehead atoms. The Morgan fingerprint density at radius 3 is 2.31 bits per heavy atom. The standard InChI is InChI=1S/C42H45N3O7/c1-26-38(41(2,3)50)36(22-37(47)44-24-30-10-6-5-9-29(30)21-32(44)25-46)52-42(26)34-11-7-8-12-35(34)45(40(42)49)23-27-13-17-31(18-14-27)43-39(48)28-15-19-33(51-4)20-16-28/h5-20,26,32,36,38,46,50H,21-25H2,1-4H3,(H,43,48)/t26-,32-,36+,38-,42+/m0/s1. The van der Waals surface area contributed by atoms with Crippen molar-refractivity contribution in [2.75, 3.05) is 23.9 Å². The molecule has 4 aromatic carbocycles. The first kappa shape index (κ1) is 35.4. The number of nitrogens with one attached hydrogen (secondary N) is 1. The van der Waals surface area contributed by atoms with Gasteiger partial charge in [-0.15, -0.1) is 0 Å². The first-order valence-electron chi connectivity index (χ1n) is 17.8. The average Bonchev–Trinajstić information content (AvgIpc) is 3.57. The van der Waals surface area contributed by atoms with Gasteiger partial charge in [0.25, 0.3) is 11.8 Å². The second kappa shape index (κ2) is 13.8. The molecule has 10 heteroatoms. The molecular formula is C42H45N3O7. The van der Waals surface area contributed by atoms with Crippen molar-refractivity contribution in [1.29, 1.82) is 0 Å². The zero-order valence-electron chi connectivity index (χ0n) is 29.9. The third kappa shape index (κ3) is 6.25. The fraction of sp³-hybridized carbons (Fsp3) is 0.357. The number of amides is 3. The molecule has 3 heterocycles. The number of aliphatic hydroxyl groups is 2. The summed E-state index contributed by atoms with van der Waals surface area (Å²) in [6, 6.07) is 29.3. The molecule has 5 atom stereocenters. The number of carbonyl (C=O) groups is 3. The van der Waals surface area contributed by atoms with E-state index in [1.54, 1.807) is 67.2 Å². The van der Waals surface area contributed by atoms with Crippen LogP contribution in [-0.4, -0.2) is 64.3 Å². The summed E-state index contributed by atoms with van der Waals surface area (Å²) in [4.78, 5) is 45.1. The molecule has 1 saturated heterocycles. The predicted octanol–water partition coefficient (Wildman–Crippen LogP) is 5.45. The Morgan fingerprint density at radius 2 is 1.63 bits per heavy atom. The predicted molar refractivity (Wildman–Crippen MR) is 197 cm³/mol. The Labute approximate surface area is 304 Å². The molecule has 0 radical (unpaired) electrons. The lowest BCUT2D eigenvalue weighted by molar-refractivity contribution is -0.151. The van der Waals surface area contributed by atoms with Gasteiger partial charge in [0.15, 0.2) is 5.60 Å². The number of nitrogens with zero attached hydrogens (tertiary/aromatic N) is 2. The first-order chi connectivity index (χ1) is 24.9. The van der Waals surface area contributed by atoms with Crippen molar-refractivity contribution in [3.63, 3.8) is 0 Å². The summed E-state index contributed by atoms with van der Waals surface area (Å²) in [6.45, 7) is 5.80. The number of hydrogen-bond acceptors (Lipinski definition) is 7. The van der Waals surface area contributed by atoms with Gasteiger partial charge in [0, 0.05) is 35.2 Å². The van der Waals surface area contributed by atoms with E-state index in [2.05, 4.69) is 5.32 Å². The van der Waals surface area contributed by atoms with E-state index in [0.717, 1.165) is 16.7 Å². The average molecular weight is 704 g/mol. The van der Waals surface area contributed by atoms with Crippen LogP contribution in [0.4, 0.5) is 11.4 Å². The summed E-state index contributed by atoms with van der Waals surface area (Å²) in [5.41, 5.74) is 2.86. The summed E-state index contributed by atoms with van der Waals surface area (Å²) >= 11 is 0. The number of hydrogen-bond donors (Lipinski definition) is 3. The van der Waals surface area contributed by atoms with Gasteiger partial charge in [0.1, 0.15) is 5.75 Å². The SMILES string of the molecule is COc1ccc(C(=O)Nc2ccc(CN3C(=O)[C@]4(O[C@H](CC(=O)N5Cc6ccccc6C[C@H]5CO)[C@@H](C(C)(C)O)[C@@H]4C)c4ccccc43)cc2)cc1. The number of ether oxygens (including phenoxy) is 2. The summed E-state index contributed by atoms with van der Waals surface area (Å²) < 4.78 is 12.1. The van der Waals surface area contributed by atoms with Gasteiger partial charge < -0.3 is 34.8 Å². The molecule has 3 aliphatic heterocycles. The molecular weight excluding hydrogens is 658 g/mol. The monoisotopic (exact) mass is 703 g/mol. The number of methoxy groups -OCH3 is 1. The van der Waals surface area contributed by atoms with Gasteiger partial charge in [-0.3, -0.25) is 14.4 Å². The maximum Gasteiger partial charge on any atom is 0.264 e. The van der Waals surface area contributed by atoms with Gasteiger partial charge in [-0.2, -0.15) is 0 Å². The van der Waals surface area contributed by atoms with Crippen LogP contribution in [0, 0.1) is 11.8 Å². The smallest absolute Gasteiger partial charge is 0.264 e. The third-order valence-corrected chi connectivity index (χ3v) is 11.1. The topological polar surface area (TPSA) is 129 Å². The molecule has 3 N–H and O–H groups in total. The Balaban J connectivity index is 1.12. The number of benzene rings is 4. The van der Waals surface area contributed by atoms with Crippen molar-refractivity contribution in [2.24, 2.45) is 11.8 Å². The van der Waals surface area contributed by atoms with Gasteiger partial charge in [-0.05, 0) is 79.4 Å². The number of para-hydroxylation sites is 1. The molecule has 4 aromatic rings. The largest absolute Gasteiger partial charge is 0.497 e. The first-order valence-corrected chi connectivity index (χ1v) is 17.8. The van der Waals surface area contributed by atoms with Crippen LogP contribution >= 0.6 is 0 Å². The molecule has 7 rings (SSSR count). The minimum atomic E-state index is -1.41. The lowest BCUT2D eigenvalue weighted by atomic mass is 9.70. The van der Waals surface area contributed by atoms with Crippen LogP contribution < -0.4 is 15.0 Å². The van der Waals surface area contributed by atoms with Gasteiger partial charge in [0.2, 0.25) is 5.91 Å². The molecule has 0 unspecified atom stereocenters. The minimum Gasteiger partial charge on any atom is -0.497 e. The fourth-order valence-corrected chi connectivity index (χ4v) is 8.54. The Kier molecular flexibility index (Phi) is 9.41. The van der Waals surface area contributed by atoms with Crippen LogP contribution in [0.5, 0.6) is 5.75 Å². The van der Waals surface area contributed by atoms with E-state index >= 15 is 0 Å². The van der Waals surface area contributed by atoms with E-state index in [9.17, 15) is 24.6 Å². The van der Waals surface area contributed by atoms with Crippen molar-refractivity contribution < 1.29 is 34.1 Å². The molecule has 0 saturated carbocycles. The van der Waals surface area contributed by atoms with E-state index in [1.165, 1.54) is 0 Å². The van der Waals surface area contributed by atoms with Gasteiger partial charge in [0.05, 0.1) is 50.1 Å². The van der Waals surface area contributed by atoms with Crippen LogP contribution in [0.3, 0.4) is 0 Å². The second-order valence-corrected chi connectivity index (χ2v) is 14.7. The van der Waals surface area contributed by atoms with Gasteiger partial charge in [-0.1, -0.05) is 61.5 Å². The minimum absolute atomic E-state index is 0.0431. The number of fused-ring (bicyclic) bond motifs is 3. The molecule has 1 spiro atoms. The molecule has 0 aromatic heterocycles. The zero-order chi connectivity index (χ0) is 36.8. The van der Waals surface area contributed by atoms with Crippen molar-refractivity contribution in [1.82, 2.24) is 4.90 Å². The molecule has 3 aliphatic rings. The van der Waals surface area contributed by atoms with E-state index in [-0.39, 0.29) is 43.3 Å². The summed E-state index contributed by atoms with van der Waals surface area (Å²) in [5.74, 6) is -1.05.